The van der Waals surface area contributed by atoms with Crippen LogP contribution < -0.4 is 4.90 Å². The smallest absolute Gasteiger partial charge is 0.337 e. The third-order valence-corrected chi connectivity index (χ3v) is 3.17. The lowest BCUT2D eigenvalue weighted by Gasteiger charge is -2.31. The zero-order valence-corrected chi connectivity index (χ0v) is 9.93. The van der Waals surface area contributed by atoms with Crippen LogP contribution in [-0.2, 0) is 0 Å². The summed E-state index contributed by atoms with van der Waals surface area (Å²) in [6, 6.07) is 4.39. The van der Waals surface area contributed by atoms with Gasteiger partial charge in [-0.15, -0.1) is 0 Å². The van der Waals surface area contributed by atoms with E-state index >= 15 is 0 Å². The van der Waals surface area contributed by atoms with E-state index in [-0.39, 0.29) is 11.1 Å². The number of carboxylic acid groups (broad SMARTS) is 2. The third-order valence-electron chi connectivity index (χ3n) is 3.17. The van der Waals surface area contributed by atoms with Crippen molar-refractivity contribution in [1.82, 2.24) is 0 Å². The maximum atomic E-state index is 11.2. The first kappa shape index (κ1) is 12.4. The molecule has 5 heteroatoms. The van der Waals surface area contributed by atoms with Crippen molar-refractivity contribution in [2.75, 3.05) is 18.0 Å². The lowest BCUT2D eigenvalue weighted by molar-refractivity contribution is 0.0696. The Balaban J connectivity index is 2.52. The zero-order valence-electron chi connectivity index (χ0n) is 9.93. The van der Waals surface area contributed by atoms with E-state index in [1.54, 1.807) is 0 Å². The highest BCUT2D eigenvalue weighted by Crippen LogP contribution is 2.28. The highest BCUT2D eigenvalue weighted by Gasteiger charge is 2.24. The summed E-state index contributed by atoms with van der Waals surface area (Å²) in [5.41, 5.74) is 0.478. The molecule has 0 aromatic heterocycles. The molecule has 1 fully saturated rings. The summed E-state index contributed by atoms with van der Waals surface area (Å²) in [6.45, 7) is 1.43. The fourth-order valence-corrected chi connectivity index (χ4v) is 2.35. The van der Waals surface area contributed by atoms with Gasteiger partial charge in [0.05, 0.1) is 16.8 Å². The Labute approximate surface area is 105 Å². The average Bonchev–Trinajstić information content (AvgIpc) is 2.38. The lowest BCUT2D eigenvalue weighted by Crippen LogP contribution is -2.32. The largest absolute Gasteiger partial charge is 0.478 e. The number of para-hydroxylation sites is 1. The number of nitrogens with zero attached hydrogens (tertiary/aromatic N) is 1. The van der Waals surface area contributed by atoms with Crippen molar-refractivity contribution in [3.63, 3.8) is 0 Å². The van der Waals surface area contributed by atoms with Crippen LogP contribution in [0.1, 0.15) is 40.0 Å². The Morgan fingerprint density at radius 3 is 1.89 bits per heavy atom. The van der Waals surface area contributed by atoms with Gasteiger partial charge in [-0.05, 0) is 31.4 Å². The van der Waals surface area contributed by atoms with Gasteiger partial charge in [-0.2, -0.15) is 0 Å². The monoisotopic (exact) mass is 249 g/mol. The highest BCUT2D eigenvalue weighted by molar-refractivity contribution is 6.03. The van der Waals surface area contributed by atoms with Gasteiger partial charge >= 0.3 is 11.9 Å². The molecule has 0 radical (unpaired) electrons. The molecule has 0 saturated carbocycles. The van der Waals surface area contributed by atoms with Gasteiger partial charge in [0.15, 0.2) is 0 Å². The van der Waals surface area contributed by atoms with E-state index in [1.165, 1.54) is 18.2 Å². The molecule has 0 atom stereocenters. The van der Waals surface area contributed by atoms with Crippen LogP contribution in [0.3, 0.4) is 0 Å². The molecule has 96 valence electrons. The number of anilines is 1. The van der Waals surface area contributed by atoms with Crippen molar-refractivity contribution < 1.29 is 19.8 Å². The van der Waals surface area contributed by atoms with E-state index in [0.29, 0.717) is 18.8 Å². The van der Waals surface area contributed by atoms with Gasteiger partial charge in [-0.3, -0.25) is 0 Å². The predicted molar refractivity (Wildman–Crippen MR) is 66.4 cm³/mol. The summed E-state index contributed by atoms with van der Waals surface area (Å²) < 4.78 is 0. The Bertz CT molecular complexity index is 446. The Morgan fingerprint density at radius 1 is 0.944 bits per heavy atom. The number of hydrogen-bond acceptors (Lipinski definition) is 3. The molecule has 0 bridgehead atoms. The van der Waals surface area contributed by atoms with Crippen LogP contribution >= 0.6 is 0 Å². The Kier molecular flexibility index (Phi) is 3.50. The van der Waals surface area contributed by atoms with Crippen molar-refractivity contribution in [3.05, 3.63) is 29.3 Å². The summed E-state index contributed by atoms with van der Waals surface area (Å²) in [5.74, 6) is -2.17. The first-order chi connectivity index (χ1) is 8.61. The highest BCUT2D eigenvalue weighted by atomic mass is 16.4. The number of hydrogen-bond donors (Lipinski definition) is 2. The minimum Gasteiger partial charge on any atom is -0.478 e. The first-order valence-corrected chi connectivity index (χ1v) is 5.96. The lowest BCUT2D eigenvalue weighted by atomic mass is 10.0. The number of rotatable bonds is 3. The van der Waals surface area contributed by atoms with Gasteiger partial charge in [0, 0.05) is 13.1 Å². The normalized spacial score (nSPS) is 15.4. The Hall–Kier alpha value is -2.04. The maximum absolute atomic E-state index is 11.2. The summed E-state index contributed by atoms with van der Waals surface area (Å²) in [5, 5.41) is 18.4. The maximum Gasteiger partial charge on any atom is 0.337 e. The second kappa shape index (κ2) is 5.08. The number of carbonyl (C=O) groups is 2. The van der Waals surface area contributed by atoms with Gasteiger partial charge < -0.3 is 15.1 Å². The van der Waals surface area contributed by atoms with Crippen LogP contribution in [0.25, 0.3) is 0 Å². The van der Waals surface area contributed by atoms with Crippen molar-refractivity contribution >= 4 is 17.6 Å². The minimum absolute atomic E-state index is 0.0665. The molecule has 0 amide bonds. The van der Waals surface area contributed by atoms with E-state index in [1.807, 2.05) is 4.90 Å². The van der Waals surface area contributed by atoms with Crippen LogP contribution in [0.2, 0.25) is 0 Å². The molecular weight excluding hydrogens is 234 g/mol. The van der Waals surface area contributed by atoms with Crippen LogP contribution in [0, 0.1) is 0 Å². The number of benzene rings is 1. The van der Waals surface area contributed by atoms with Crippen molar-refractivity contribution in [1.29, 1.82) is 0 Å². The van der Waals surface area contributed by atoms with Crippen molar-refractivity contribution in [2.24, 2.45) is 0 Å². The molecule has 5 nitrogen and oxygen atoms in total. The van der Waals surface area contributed by atoms with Crippen LogP contribution in [0.5, 0.6) is 0 Å². The predicted octanol–water partition coefficient (Wildman–Crippen LogP) is 2.07. The molecule has 18 heavy (non-hydrogen) atoms. The number of piperidine rings is 1. The molecule has 2 N–H and O–H groups in total. The van der Waals surface area contributed by atoms with Gasteiger partial charge in [0.25, 0.3) is 0 Å². The number of aromatic carboxylic acids is 2. The minimum atomic E-state index is -1.08. The van der Waals surface area contributed by atoms with Crippen LogP contribution in [0.15, 0.2) is 18.2 Å². The Morgan fingerprint density at radius 2 is 1.44 bits per heavy atom. The first-order valence-electron chi connectivity index (χ1n) is 5.96. The zero-order chi connectivity index (χ0) is 13.1. The van der Waals surface area contributed by atoms with E-state index < -0.39 is 11.9 Å². The summed E-state index contributed by atoms with van der Waals surface area (Å²) >= 11 is 0. The molecule has 1 heterocycles. The summed E-state index contributed by atoms with van der Waals surface area (Å²) in [7, 11) is 0. The molecule has 2 rings (SSSR count). The number of carboxylic acids is 2. The van der Waals surface area contributed by atoms with E-state index in [0.717, 1.165) is 19.3 Å². The molecule has 1 aromatic rings. The quantitative estimate of drug-likeness (QED) is 0.857. The van der Waals surface area contributed by atoms with Gasteiger partial charge in [-0.25, -0.2) is 9.59 Å². The topological polar surface area (TPSA) is 77.8 Å². The second-order valence-corrected chi connectivity index (χ2v) is 4.36. The molecule has 0 unspecified atom stereocenters. The SMILES string of the molecule is O=C(O)c1cccc(C(=O)O)c1N1CCCCC1. The van der Waals surface area contributed by atoms with Crippen LogP contribution in [-0.4, -0.2) is 35.2 Å². The molecule has 1 aliphatic rings. The fourth-order valence-electron chi connectivity index (χ4n) is 2.35. The molecular formula is C13H15NO4. The summed E-state index contributed by atoms with van der Waals surface area (Å²) in [6.07, 6.45) is 3.04. The van der Waals surface area contributed by atoms with Gasteiger partial charge in [-0.1, -0.05) is 6.07 Å². The van der Waals surface area contributed by atoms with E-state index in [9.17, 15) is 19.8 Å². The van der Waals surface area contributed by atoms with Gasteiger partial charge in [0.1, 0.15) is 0 Å². The molecule has 0 spiro atoms. The molecule has 1 saturated heterocycles. The van der Waals surface area contributed by atoms with Gasteiger partial charge in [0.2, 0.25) is 0 Å². The standard InChI is InChI=1S/C13H15NO4/c15-12(16)9-5-4-6-10(13(17)18)11(9)14-7-2-1-3-8-14/h4-6H,1-3,7-8H2,(H,15,16)(H,17,18). The molecule has 1 aromatic carbocycles. The van der Waals surface area contributed by atoms with E-state index in [4.69, 9.17) is 0 Å². The van der Waals surface area contributed by atoms with Crippen molar-refractivity contribution in [3.8, 4) is 0 Å². The third kappa shape index (κ3) is 2.30. The second-order valence-electron chi connectivity index (χ2n) is 4.36. The fraction of sp³-hybridized carbons (Fsp3) is 0.385. The van der Waals surface area contributed by atoms with Crippen LogP contribution in [0.4, 0.5) is 5.69 Å². The van der Waals surface area contributed by atoms with Crippen molar-refractivity contribution in [2.45, 2.75) is 19.3 Å². The molecule has 0 aliphatic carbocycles. The molecule has 1 aliphatic heterocycles. The van der Waals surface area contributed by atoms with E-state index in [2.05, 4.69) is 0 Å². The average molecular weight is 249 g/mol. The summed E-state index contributed by atoms with van der Waals surface area (Å²) in [4.78, 5) is 24.3.